The lowest BCUT2D eigenvalue weighted by molar-refractivity contribution is 0.163. The normalized spacial score (nSPS) is 13.1. The minimum Gasteiger partial charge on any atom is -0.383 e. The Balaban J connectivity index is 2.23. The van der Waals surface area contributed by atoms with Crippen LogP contribution in [0.2, 0.25) is 0 Å². The van der Waals surface area contributed by atoms with Gasteiger partial charge in [0.1, 0.15) is 5.82 Å². The summed E-state index contributed by atoms with van der Waals surface area (Å²) in [6.07, 6.45) is 4.65. The third-order valence-electron chi connectivity index (χ3n) is 1.97. The third kappa shape index (κ3) is 3.57. The van der Waals surface area contributed by atoms with Crippen molar-refractivity contribution in [3.63, 3.8) is 0 Å². The molecule has 0 fully saturated rings. The van der Waals surface area contributed by atoms with Gasteiger partial charge in [0, 0.05) is 25.5 Å². The van der Waals surface area contributed by atoms with Crippen LogP contribution in [0.25, 0.3) is 0 Å². The molecule has 4 heteroatoms. The molecule has 2 N–H and O–H groups in total. The number of methoxy groups -OCH3 is 1. The largest absolute Gasteiger partial charge is 0.383 e. The van der Waals surface area contributed by atoms with Crippen LogP contribution in [-0.4, -0.2) is 29.7 Å². The maximum absolute atomic E-state index is 5.07. The molecule has 13 heavy (non-hydrogen) atoms. The number of imidazole rings is 1. The van der Waals surface area contributed by atoms with Gasteiger partial charge in [-0.1, -0.05) is 6.92 Å². The van der Waals surface area contributed by atoms with Crippen LogP contribution in [-0.2, 0) is 11.3 Å². The summed E-state index contributed by atoms with van der Waals surface area (Å²) >= 11 is 0. The third-order valence-corrected chi connectivity index (χ3v) is 1.97. The molecule has 1 rings (SSSR count). The Bertz CT molecular complexity index is 211. The van der Waals surface area contributed by atoms with Gasteiger partial charge in [-0.15, -0.1) is 0 Å². The van der Waals surface area contributed by atoms with Gasteiger partial charge in [-0.25, -0.2) is 4.98 Å². The van der Waals surface area contributed by atoms with Crippen LogP contribution in [0.4, 0.5) is 0 Å². The molecular formula is C9H17N3O. The summed E-state index contributed by atoms with van der Waals surface area (Å²) in [6, 6.07) is 0.412. The zero-order valence-electron chi connectivity index (χ0n) is 8.21. The van der Waals surface area contributed by atoms with Gasteiger partial charge in [0.2, 0.25) is 0 Å². The van der Waals surface area contributed by atoms with Crippen molar-refractivity contribution in [2.75, 3.05) is 13.7 Å². The molecule has 0 aliphatic heterocycles. The number of ether oxygens (including phenoxy) is 1. The second-order valence-corrected chi connectivity index (χ2v) is 2.98. The van der Waals surface area contributed by atoms with Crippen molar-refractivity contribution in [3.05, 3.63) is 18.2 Å². The predicted molar refractivity (Wildman–Crippen MR) is 51.4 cm³/mol. The number of nitrogens with zero attached hydrogens (tertiary/aromatic N) is 1. The van der Waals surface area contributed by atoms with Crippen LogP contribution in [0.1, 0.15) is 19.2 Å². The minimum absolute atomic E-state index is 0.412. The quantitative estimate of drug-likeness (QED) is 0.689. The molecule has 0 saturated heterocycles. The Morgan fingerprint density at radius 1 is 1.69 bits per heavy atom. The van der Waals surface area contributed by atoms with E-state index in [1.54, 1.807) is 13.3 Å². The van der Waals surface area contributed by atoms with E-state index in [9.17, 15) is 0 Å². The average molecular weight is 183 g/mol. The lowest BCUT2D eigenvalue weighted by Gasteiger charge is -2.14. The maximum atomic E-state index is 5.07. The van der Waals surface area contributed by atoms with E-state index >= 15 is 0 Å². The molecule has 0 aromatic carbocycles. The molecule has 0 saturated carbocycles. The monoisotopic (exact) mass is 183 g/mol. The fraction of sp³-hybridized carbons (Fsp3) is 0.667. The Labute approximate surface area is 78.7 Å². The highest BCUT2D eigenvalue weighted by Crippen LogP contribution is 1.94. The van der Waals surface area contributed by atoms with E-state index in [4.69, 9.17) is 4.74 Å². The predicted octanol–water partition coefficient (Wildman–Crippen LogP) is 0.924. The van der Waals surface area contributed by atoms with Crippen LogP contribution < -0.4 is 5.32 Å². The highest BCUT2D eigenvalue weighted by Gasteiger charge is 2.04. The summed E-state index contributed by atoms with van der Waals surface area (Å²) in [4.78, 5) is 7.17. The van der Waals surface area contributed by atoms with E-state index in [0.29, 0.717) is 6.04 Å². The van der Waals surface area contributed by atoms with Crippen LogP contribution >= 0.6 is 0 Å². The fourth-order valence-corrected chi connectivity index (χ4v) is 1.16. The van der Waals surface area contributed by atoms with Crippen molar-refractivity contribution < 1.29 is 4.74 Å². The van der Waals surface area contributed by atoms with E-state index in [0.717, 1.165) is 25.4 Å². The van der Waals surface area contributed by atoms with Crippen molar-refractivity contribution in [2.24, 2.45) is 0 Å². The molecule has 0 amide bonds. The number of rotatable bonds is 6. The van der Waals surface area contributed by atoms with Crippen molar-refractivity contribution in [3.8, 4) is 0 Å². The van der Waals surface area contributed by atoms with Gasteiger partial charge in [-0.3, -0.25) is 0 Å². The van der Waals surface area contributed by atoms with E-state index < -0.39 is 0 Å². The summed E-state index contributed by atoms with van der Waals surface area (Å²) in [5, 5.41) is 3.35. The zero-order chi connectivity index (χ0) is 9.52. The molecule has 0 bridgehead atoms. The molecule has 1 heterocycles. The lowest BCUT2D eigenvalue weighted by atomic mass is 10.2. The molecule has 0 radical (unpaired) electrons. The molecule has 0 spiro atoms. The first kappa shape index (κ1) is 10.2. The van der Waals surface area contributed by atoms with E-state index in [2.05, 4.69) is 22.2 Å². The molecule has 0 aliphatic carbocycles. The first-order chi connectivity index (χ1) is 6.36. The Morgan fingerprint density at radius 2 is 2.54 bits per heavy atom. The summed E-state index contributed by atoms with van der Waals surface area (Å²) in [6.45, 7) is 3.66. The SMILES string of the molecule is CC[C@H](COC)NCc1ncc[nH]1. The molecule has 4 nitrogen and oxygen atoms in total. The molecule has 1 atom stereocenters. The molecule has 74 valence electrons. The smallest absolute Gasteiger partial charge is 0.120 e. The first-order valence-corrected chi connectivity index (χ1v) is 4.57. The Morgan fingerprint density at radius 3 is 3.08 bits per heavy atom. The van der Waals surface area contributed by atoms with Gasteiger partial charge < -0.3 is 15.0 Å². The van der Waals surface area contributed by atoms with E-state index in [1.807, 2.05) is 6.20 Å². The van der Waals surface area contributed by atoms with Crippen molar-refractivity contribution >= 4 is 0 Å². The average Bonchev–Trinajstić information content (AvgIpc) is 2.64. The van der Waals surface area contributed by atoms with E-state index in [1.165, 1.54) is 0 Å². The molecule has 0 unspecified atom stereocenters. The van der Waals surface area contributed by atoms with Crippen molar-refractivity contribution in [1.29, 1.82) is 0 Å². The summed E-state index contributed by atoms with van der Waals surface area (Å²) in [5.74, 6) is 0.967. The van der Waals surface area contributed by atoms with Gasteiger partial charge in [-0.2, -0.15) is 0 Å². The number of hydrogen-bond acceptors (Lipinski definition) is 3. The lowest BCUT2D eigenvalue weighted by Crippen LogP contribution is -2.32. The Hall–Kier alpha value is -0.870. The van der Waals surface area contributed by atoms with Gasteiger partial charge in [0.25, 0.3) is 0 Å². The van der Waals surface area contributed by atoms with Crippen LogP contribution in [0, 0.1) is 0 Å². The van der Waals surface area contributed by atoms with Crippen molar-refractivity contribution in [2.45, 2.75) is 25.9 Å². The molecule has 1 aromatic rings. The highest BCUT2D eigenvalue weighted by molar-refractivity contribution is 4.86. The van der Waals surface area contributed by atoms with Gasteiger partial charge in [0.05, 0.1) is 13.2 Å². The standard InChI is InChI=1S/C9H17N3O/c1-3-8(7-13-2)12-6-9-10-4-5-11-9/h4-5,8,12H,3,6-7H2,1-2H3,(H,10,11)/t8-/m1/s1. The number of aromatic nitrogens is 2. The first-order valence-electron chi connectivity index (χ1n) is 4.57. The van der Waals surface area contributed by atoms with Crippen LogP contribution in [0.15, 0.2) is 12.4 Å². The molecular weight excluding hydrogens is 166 g/mol. The number of hydrogen-bond donors (Lipinski definition) is 2. The minimum atomic E-state index is 0.412. The Kier molecular flexibility index (Phi) is 4.49. The number of H-pyrrole nitrogens is 1. The zero-order valence-corrected chi connectivity index (χ0v) is 8.21. The second kappa shape index (κ2) is 5.72. The van der Waals surface area contributed by atoms with Gasteiger partial charge >= 0.3 is 0 Å². The summed E-state index contributed by atoms with van der Waals surface area (Å²) in [7, 11) is 1.72. The number of aromatic amines is 1. The van der Waals surface area contributed by atoms with Crippen molar-refractivity contribution in [1.82, 2.24) is 15.3 Å². The second-order valence-electron chi connectivity index (χ2n) is 2.98. The maximum Gasteiger partial charge on any atom is 0.120 e. The topological polar surface area (TPSA) is 49.9 Å². The highest BCUT2D eigenvalue weighted by atomic mass is 16.5. The van der Waals surface area contributed by atoms with Crippen LogP contribution in [0.3, 0.4) is 0 Å². The van der Waals surface area contributed by atoms with Gasteiger partial charge in [0.15, 0.2) is 0 Å². The fourth-order valence-electron chi connectivity index (χ4n) is 1.16. The van der Waals surface area contributed by atoms with Gasteiger partial charge in [-0.05, 0) is 6.42 Å². The summed E-state index contributed by atoms with van der Waals surface area (Å²) in [5.41, 5.74) is 0. The summed E-state index contributed by atoms with van der Waals surface area (Å²) < 4.78 is 5.07. The van der Waals surface area contributed by atoms with E-state index in [-0.39, 0.29) is 0 Å². The number of nitrogens with one attached hydrogen (secondary N) is 2. The van der Waals surface area contributed by atoms with Crippen LogP contribution in [0.5, 0.6) is 0 Å². The molecule has 0 aliphatic rings. The molecule has 1 aromatic heterocycles.